The molecule has 0 spiro atoms. The third-order valence-electron chi connectivity index (χ3n) is 4.96. The van der Waals surface area contributed by atoms with Crippen molar-refractivity contribution in [1.29, 1.82) is 0 Å². The number of nitrogens with zero attached hydrogens (tertiary/aromatic N) is 1. The van der Waals surface area contributed by atoms with E-state index in [9.17, 15) is 9.59 Å². The van der Waals surface area contributed by atoms with Gasteiger partial charge in [-0.2, -0.15) is 0 Å². The number of halogens is 1. The Morgan fingerprint density at radius 3 is 2.72 bits per heavy atom. The van der Waals surface area contributed by atoms with Crippen molar-refractivity contribution in [2.75, 3.05) is 11.4 Å². The highest BCUT2D eigenvalue weighted by molar-refractivity contribution is 6.31. The summed E-state index contributed by atoms with van der Waals surface area (Å²) in [6.07, 6.45) is 1.96. The Bertz CT molecular complexity index is 856. The second-order valence-corrected chi connectivity index (χ2v) is 7.97. The standard InChI is InChI=1S/C23H27ClN2O3/c1-16(8-9-18-6-4-3-5-7-18)25-22(27)12-13-23(28)26-15-17(2)29-21-11-10-19(24)14-20(21)26/h3-7,10-11,14,16-17H,8-9,12-13,15H2,1-2H3,(H,25,27). The van der Waals surface area contributed by atoms with Crippen LogP contribution in [-0.4, -0.2) is 30.5 Å². The highest BCUT2D eigenvalue weighted by atomic mass is 35.5. The molecule has 2 aromatic carbocycles. The summed E-state index contributed by atoms with van der Waals surface area (Å²) in [6.45, 7) is 4.35. The van der Waals surface area contributed by atoms with Gasteiger partial charge >= 0.3 is 0 Å². The first-order chi connectivity index (χ1) is 13.9. The maximum absolute atomic E-state index is 12.8. The van der Waals surface area contributed by atoms with Crippen LogP contribution < -0.4 is 15.0 Å². The van der Waals surface area contributed by atoms with Crippen molar-refractivity contribution in [1.82, 2.24) is 5.32 Å². The molecule has 0 aromatic heterocycles. The predicted octanol–water partition coefficient (Wildman–Crippen LogP) is 4.37. The molecule has 0 radical (unpaired) electrons. The molecule has 0 fully saturated rings. The van der Waals surface area contributed by atoms with Crippen LogP contribution in [-0.2, 0) is 16.0 Å². The lowest BCUT2D eigenvalue weighted by molar-refractivity contribution is -0.125. The third-order valence-corrected chi connectivity index (χ3v) is 5.20. The van der Waals surface area contributed by atoms with E-state index in [1.54, 1.807) is 23.1 Å². The molecule has 6 heteroatoms. The lowest BCUT2D eigenvalue weighted by atomic mass is 10.1. The predicted molar refractivity (Wildman–Crippen MR) is 115 cm³/mol. The van der Waals surface area contributed by atoms with Gasteiger partial charge in [-0.25, -0.2) is 0 Å². The van der Waals surface area contributed by atoms with Crippen LogP contribution in [0.3, 0.4) is 0 Å². The molecule has 0 bridgehead atoms. The first-order valence-corrected chi connectivity index (χ1v) is 10.4. The number of ether oxygens (including phenoxy) is 1. The minimum Gasteiger partial charge on any atom is -0.487 e. The number of anilines is 1. The number of fused-ring (bicyclic) bond motifs is 1. The van der Waals surface area contributed by atoms with Crippen molar-refractivity contribution in [2.45, 2.75) is 51.7 Å². The van der Waals surface area contributed by atoms with Crippen molar-refractivity contribution >= 4 is 29.1 Å². The first-order valence-electron chi connectivity index (χ1n) is 10.0. The Morgan fingerprint density at radius 2 is 1.97 bits per heavy atom. The molecule has 1 aliphatic rings. The molecule has 0 aliphatic carbocycles. The van der Waals surface area contributed by atoms with Crippen LogP contribution in [0.2, 0.25) is 5.02 Å². The number of carbonyl (C=O) groups excluding carboxylic acids is 2. The topological polar surface area (TPSA) is 58.6 Å². The minimum absolute atomic E-state index is 0.0562. The second kappa shape index (κ2) is 9.79. The van der Waals surface area contributed by atoms with Gasteiger partial charge < -0.3 is 15.0 Å². The van der Waals surface area contributed by atoms with Crippen molar-refractivity contribution in [3.8, 4) is 5.75 Å². The molecule has 2 aromatic rings. The number of rotatable bonds is 7. The quantitative estimate of drug-likeness (QED) is 0.731. The number of amides is 2. The zero-order chi connectivity index (χ0) is 20.8. The van der Waals surface area contributed by atoms with Gasteiger partial charge in [0.15, 0.2) is 0 Å². The molecule has 3 rings (SSSR count). The van der Waals surface area contributed by atoms with Gasteiger partial charge in [-0.05, 0) is 50.5 Å². The normalized spacial score (nSPS) is 16.5. The molecular weight excluding hydrogens is 388 g/mol. The summed E-state index contributed by atoms with van der Waals surface area (Å²) in [5.41, 5.74) is 1.92. The van der Waals surface area contributed by atoms with E-state index in [1.165, 1.54) is 5.56 Å². The number of hydrogen-bond acceptors (Lipinski definition) is 3. The Morgan fingerprint density at radius 1 is 1.21 bits per heavy atom. The van der Waals surface area contributed by atoms with Gasteiger partial charge in [0.25, 0.3) is 0 Å². The summed E-state index contributed by atoms with van der Waals surface area (Å²) in [5.74, 6) is 0.433. The number of nitrogens with one attached hydrogen (secondary N) is 1. The van der Waals surface area contributed by atoms with Crippen LogP contribution in [0.15, 0.2) is 48.5 Å². The maximum Gasteiger partial charge on any atom is 0.227 e. The van der Waals surface area contributed by atoms with E-state index in [-0.39, 0.29) is 36.8 Å². The SMILES string of the molecule is CC(CCc1ccccc1)NC(=O)CCC(=O)N1CC(C)Oc2ccc(Cl)cc21. The smallest absolute Gasteiger partial charge is 0.227 e. The number of hydrogen-bond donors (Lipinski definition) is 1. The molecule has 2 atom stereocenters. The molecule has 2 unspecified atom stereocenters. The number of carbonyl (C=O) groups is 2. The average Bonchev–Trinajstić information content (AvgIpc) is 2.71. The Balaban J connectivity index is 1.49. The lowest BCUT2D eigenvalue weighted by Gasteiger charge is -2.33. The molecule has 2 amide bonds. The van der Waals surface area contributed by atoms with Gasteiger partial charge in [-0.3, -0.25) is 9.59 Å². The molecule has 1 N–H and O–H groups in total. The highest BCUT2D eigenvalue weighted by Gasteiger charge is 2.28. The summed E-state index contributed by atoms with van der Waals surface area (Å²) in [4.78, 5) is 26.7. The van der Waals surface area contributed by atoms with Crippen LogP contribution in [0.1, 0.15) is 38.7 Å². The van der Waals surface area contributed by atoms with Crippen LogP contribution in [0.25, 0.3) is 0 Å². The molecular formula is C23H27ClN2O3. The molecule has 154 valence electrons. The van der Waals surface area contributed by atoms with Crippen molar-refractivity contribution < 1.29 is 14.3 Å². The third kappa shape index (κ3) is 5.97. The first kappa shape index (κ1) is 21.2. The summed E-state index contributed by atoms with van der Waals surface area (Å²) in [5, 5.41) is 3.54. The van der Waals surface area contributed by atoms with Gasteiger partial charge in [0.2, 0.25) is 11.8 Å². The fraction of sp³-hybridized carbons (Fsp3) is 0.391. The molecule has 1 heterocycles. The monoisotopic (exact) mass is 414 g/mol. The summed E-state index contributed by atoms with van der Waals surface area (Å²) >= 11 is 6.08. The fourth-order valence-electron chi connectivity index (χ4n) is 3.45. The van der Waals surface area contributed by atoms with Crippen molar-refractivity contribution in [2.24, 2.45) is 0 Å². The van der Waals surface area contributed by atoms with Gasteiger partial charge in [-0.15, -0.1) is 0 Å². The van der Waals surface area contributed by atoms with Gasteiger partial charge in [0, 0.05) is 23.9 Å². The van der Waals surface area contributed by atoms with Crippen LogP contribution in [0, 0.1) is 0 Å². The van der Waals surface area contributed by atoms with Crippen LogP contribution >= 0.6 is 11.6 Å². The molecule has 1 aliphatic heterocycles. The summed E-state index contributed by atoms with van der Waals surface area (Å²) in [7, 11) is 0. The van der Waals surface area contributed by atoms with E-state index >= 15 is 0 Å². The molecule has 29 heavy (non-hydrogen) atoms. The Hall–Kier alpha value is -2.53. The van der Waals surface area contributed by atoms with E-state index in [4.69, 9.17) is 16.3 Å². The van der Waals surface area contributed by atoms with Crippen molar-refractivity contribution in [3.63, 3.8) is 0 Å². The molecule has 5 nitrogen and oxygen atoms in total. The van der Waals surface area contributed by atoms with E-state index in [1.807, 2.05) is 32.0 Å². The van der Waals surface area contributed by atoms with E-state index < -0.39 is 0 Å². The number of benzene rings is 2. The summed E-state index contributed by atoms with van der Waals surface area (Å²) < 4.78 is 5.78. The average molecular weight is 415 g/mol. The van der Waals surface area contributed by atoms with E-state index in [2.05, 4.69) is 17.4 Å². The van der Waals surface area contributed by atoms with Gasteiger partial charge in [-0.1, -0.05) is 41.9 Å². The maximum atomic E-state index is 12.8. The molecule has 0 saturated heterocycles. The van der Waals surface area contributed by atoms with Crippen LogP contribution in [0.4, 0.5) is 5.69 Å². The lowest BCUT2D eigenvalue weighted by Crippen LogP contribution is -2.43. The van der Waals surface area contributed by atoms with Crippen molar-refractivity contribution in [3.05, 3.63) is 59.1 Å². The van der Waals surface area contributed by atoms with Crippen LogP contribution in [0.5, 0.6) is 5.75 Å². The Kier molecular flexibility index (Phi) is 7.15. The Labute approximate surface area is 177 Å². The van der Waals surface area contributed by atoms with Gasteiger partial charge in [0.05, 0.1) is 12.2 Å². The second-order valence-electron chi connectivity index (χ2n) is 7.54. The van der Waals surface area contributed by atoms with Gasteiger partial charge in [0.1, 0.15) is 11.9 Å². The van der Waals surface area contributed by atoms with E-state index in [0.717, 1.165) is 12.8 Å². The zero-order valence-corrected chi connectivity index (χ0v) is 17.6. The zero-order valence-electron chi connectivity index (χ0n) is 16.9. The molecule has 0 saturated carbocycles. The fourth-order valence-corrected chi connectivity index (χ4v) is 3.62. The van der Waals surface area contributed by atoms with E-state index in [0.29, 0.717) is 23.0 Å². The largest absolute Gasteiger partial charge is 0.487 e. The highest BCUT2D eigenvalue weighted by Crippen LogP contribution is 2.36. The minimum atomic E-state index is -0.112. The number of aryl methyl sites for hydroxylation is 1. The summed E-state index contributed by atoms with van der Waals surface area (Å²) in [6, 6.07) is 15.5.